The van der Waals surface area contributed by atoms with E-state index in [0.717, 1.165) is 39.5 Å². The molecule has 6 aromatic carbocycles. The minimum absolute atomic E-state index is 0.880. The van der Waals surface area contributed by atoms with Crippen LogP contribution in [0.15, 0.2) is 182 Å². The second kappa shape index (κ2) is 14.3. The van der Waals surface area contributed by atoms with E-state index in [1.807, 2.05) is 18.3 Å². The zero-order chi connectivity index (χ0) is 36.5. The highest BCUT2D eigenvalue weighted by molar-refractivity contribution is 6.23. The van der Waals surface area contributed by atoms with Crippen LogP contribution >= 0.6 is 0 Å². The van der Waals surface area contributed by atoms with E-state index in [-0.39, 0.29) is 0 Å². The smallest absolute Gasteiger partial charge is 0.137 e. The highest BCUT2D eigenvalue weighted by Crippen LogP contribution is 2.55. The Kier molecular flexibility index (Phi) is 9.04. The van der Waals surface area contributed by atoms with E-state index < -0.39 is 0 Å². The van der Waals surface area contributed by atoms with Gasteiger partial charge in [-0.25, -0.2) is 4.98 Å². The molecule has 0 bridgehead atoms. The highest BCUT2D eigenvalue weighted by atomic mass is 15.2. The average molecular weight is 683 g/mol. The van der Waals surface area contributed by atoms with Gasteiger partial charge >= 0.3 is 0 Å². The van der Waals surface area contributed by atoms with Gasteiger partial charge in [0.05, 0.1) is 5.69 Å². The Morgan fingerprint density at radius 1 is 0.623 bits per heavy atom. The van der Waals surface area contributed by atoms with Crippen molar-refractivity contribution in [1.82, 2.24) is 4.98 Å². The first-order chi connectivity index (χ1) is 26.0. The Morgan fingerprint density at radius 2 is 1.26 bits per heavy atom. The van der Waals surface area contributed by atoms with Crippen LogP contribution in [0.25, 0.3) is 49.7 Å². The number of allylic oxidation sites excluding steroid dienone is 7. The van der Waals surface area contributed by atoms with Crippen LogP contribution in [-0.4, -0.2) is 4.98 Å². The summed E-state index contributed by atoms with van der Waals surface area (Å²) in [6, 6.07) is 51.7. The number of anilines is 3. The number of aryl methyl sites for hydroxylation is 2. The van der Waals surface area contributed by atoms with Crippen LogP contribution in [0.3, 0.4) is 0 Å². The molecule has 1 heterocycles. The second-order valence-corrected chi connectivity index (χ2v) is 13.7. The van der Waals surface area contributed by atoms with Gasteiger partial charge in [-0.1, -0.05) is 140 Å². The fourth-order valence-electron chi connectivity index (χ4n) is 7.89. The molecule has 7 aromatic rings. The zero-order valence-corrected chi connectivity index (χ0v) is 30.8. The lowest BCUT2D eigenvalue weighted by Crippen LogP contribution is -2.12. The van der Waals surface area contributed by atoms with Gasteiger partial charge in [0.2, 0.25) is 0 Å². The number of hydrogen-bond donors (Lipinski definition) is 0. The number of fused-ring (bicyclic) bond motifs is 2. The zero-order valence-electron chi connectivity index (χ0n) is 30.8. The van der Waals surface area contributed by atoms with Crippen LogP contribution < -0.4 is 4.90 Å². The van der Waals surface area contributed by atoms with Crippen LogP contribution in [0.2, 0.25) is 0 Å². The van der Waals surface area contributed by atoms with Gasteiger partial charge in [-0.3, -0.25) is 4.90 Å². The van der Waals surface area contributed by atoms with E-state index in [0.29, 0.717) is 0 Å². The molecule has 0 amide bonds. The summed E-state index contributed by atoms with van der Waals surface area (Å²) < 4.78 is 0. The largest absolute Gasteiger partial charge is 0.295 e. The predicted octanol–water partition coefficient (Wildman–Crippen LogP) is 14.1. The average Bonchev–Trinajstić information content (AvgIpc) is 3.48. The maximum absolute atomic E-state index is 4.77. The van der Waals surface area contributed by atoms with Crippen molar-refractivity contribution in [3.63, 3.8) is 0 Å². The van der Waals surface area contributed by atoms with Crippen LogP contribution in [0.5, 0.6) is 0 Å². The minimum atomic E-state index is 0.880. The van der Waals surface area contributed by atoms with Gasteiger partial charge in [-0.05, 0) is 141 Å². The lowest BCUT2D eigenvalue weighted by atomic mass is 9.82. The normalized spacial score (nSPS) is 14.3. The molecule has 0 atom stereocenters. The molecule has 0 N–H and O–H groups in total. The third kappa shape index (κ3) is 6.03. The molecule has 2 heteroatoms. The number of hydrogen-bond acceptors (Lipinski definition) is 2. The molecule has 0 saturated heterocycles. The summed E-state index contributed by atoms with van der Waals surface area (Å²) in [5.74, 6) is 0.880. The Labute approximate surface area is 313 Å². The molecular formula is C51H42N2. The van der Waals surface area contributed by atoms with Crippen molar-refractivity contribution in [3.8, 4) is 22.3 Å². The minimum Gasteiger partial charge on any atom is -0.295 e. The van der Waals surface area contributed by atoms with Gasteiger partial charge in [0.15, 0.2) is 0 Å². The van der Waals surface area contributed by atoms with Gasteiger partial charge in [0.1, 0.15) is 5.82 Å². The third-order valence-corrected chi connectivity index (χ3v) is 10.4. The number of aromatic nitrogens is 1. The van der Waals surface area contributed by atoms with Crippen LogP contribution in [0.1, 0.15) is 41.7 Å². The molecule has 0 spiro atoms. The van der Waals surface area contributed by atoms with Crippen LogP contribution in [0.4, 0.5) is 17.2 Å². The third-order valence-electron chi connectivity index (χ3n) is 10.4. The van der Waals surface area contributed by atoms with E-state index in [1.54, 1.807) is 0 Å². The fraction of sp³-hybridized carbons (Fsp3) is 0.0784. The summed E-state index contributed by atoms with van der Waals surface area (Å²) in [5.41, 5.74) is 17.7. The van der Waals surface area contributed by atoms with E-state index in [2.05, 4.69) is 184 Å². The first kappa shape index (κ1) is 33.6. The number of rotatable bonds is 7. The van der Waals surface area contributed by atoms with E-state index in [4.69, 9.17) is 11.6 Å². The Balaban J connectivity index is 1.34. The molecule has 0 aliphatic heterocycles. The molecule has 256 valence electrons. The number of nitrogens with zero attached hydrogens (tertiary/aromatic N) is 2. The monoisotopic (exact) mass is 682 g/mol. The van der Waals surface area contributed by atoms with Crippen molar-refractivity contribution < 1.29 is 0 Å². The van der Waals surface area contributed by atoms with Gasteiger partial charge < -0.3 is 0 Å². The lowest BCUT2D eigenvalue weighted by Gasteiger charge is -2.26. The summed E-state index contributed by atoms with van der Waals surface area (Å²) >= 11 is 0. The first-order valence-corrected chi connectivity index (χ1v) is 18.3. The van der Waals surface area contributed by atoms with Crippen molar-refractivity contribution in [2.45, 2.75) is 27.7 Å². The van der Waals surface area contributed by atoms with Crippen molar-refractivity contribution >= 4 is 44.7 Å². The predicted molar refractivity (Wildman–Crippen MR) is 228 cm³/mol. The van der Waals surface area contributed by atoms with Gasteiger partial charge in [0.25, 0.3) is 0 Å². The Hall–Kier alpha value is -6.51. The quantitative estimate of drug-likeness (QED) is 0.166. The molecule has 1 aliphatic carbocycles. The van der Waals surface area contributed by atoms with Gasteiger partial charge in [0, 0.05) is 11.9 Å². The molecule has 0 radical (unpaired) electrons. The number of para-hydroxylation sites is 1. The summed E-state index contributed by atoms with van der Waals surface area (Å²) in [6.07, 6.45) is 8.65. The fourth-order valence-corrected chi connectivity index (χ4v) is 7.89. The molecule has 2 nitrogen and oxygen atoms in total. The van der Waals surface area contributed by atoms with Gasteiger partial charge in [-0.15, -0.1) is 0 Å². The summed E-state index contributed by atoms with van der Waals surface area (Å²) in [4.78, 5) is 7.00. The molecule has 0 unspecified atom stereocenters. The second-order valence-electron chi connectivity index (χ2n) is 13.7. The molecule has 0 saturated carbocycles. The number of benzene rings is 6. The SMILES string of the molecule is C=C1/C(=C\C=C(/C)c2cccc(N(c3ccccn3)c3ccccc3C)c2)c2c(c(-c3ccccc3)c3c(C)cccc3c2-c2ccccc2)/C1=C/C. The Morgan fingerprint density at radius 3 is 1.96 bits per heavy atom. The maximum atomic E-state index is 4.77. The van der Waals surface area contributed by atoms with Crippen molar-refractivity contribution in [1.29, 1.82) is 0 Å². The molecule has 8 rings (SSSR count). The lowest BCUT2D eigenvalue weighted by molar-refractivity contribution is 1.16. The van der Waals surface area contributed by atoms with E-state index in [9.17, 15) is 0 Å². The first-order valence-electron chi connectivity index (χ1n) is 18.3. The molecule has 1 aliphatic rings. The standard InChI is InChI=1S/C51H42N2/c1-6-42-37(5)43(31-30-34(2)40-25-18-26-41(33-40)53(46-29-15-16-32-52-46)45-28-14-13-19-35(45)3)51-48(38-21-9-7-10-22-38)44-27-17-20-36(4)47(44)49(50(42)51)39-23-11-8-12-24-39/h6-33H,5H2,1-4H3/b34-30+,42-6+,43-31+. The van der Waals surface area contributed by atoms with Gasteiger partial charge in [-0.2, -0.15) is 0 Å². The molecule has 0 fully saturated rings. The van der Waals surface area contributed by atoms with Crippen molar-refractivity contribution in [3.05, 3.63) is 210 Å². The summed E-state index contributed by atoms with van der Waals surface area (Å²) in [7, 11) is 0. The number of pyridine rings is 1. The summed E-state index contributed by atoms with van der Waals surface area (Å²) in [5, 5.41) is 2.54. The van der Waals surface area contributed by atoms with Crippen LogP contribution in [-0.2, 0) is 0 Å². The topological polar surface area (TPSA) is 16.1 Å². The summed E-state index contributed by atoms with van der Waals surface area (Å²) in [6.45, 7) is 13.5. The molecule has 53 heavy (non-hydrogen) atoms. The highest BCUT2D eigenvalue weighted by Gasteiger charge is 2.33. The van der Waals surface area contributed by atoms with Crippen molar-refractivity contribution in [2.75, 3.05) is 4.90 Å². The van der Waals surface area contributed by atoms with Crippen molar-refractivity contribution in [2.24, 2.45) is 0 Å². The maximum Gasteiger partial charge on any atom is 0.137 e. The van der Waals surface area contributed by atoms with Crippen LogP contribution in [0, 0.1) is 13.8 Å². The molecular weight excluding hydrogens is 641 g/mol. The van der Waals surface area contributed by atoms with E-state index >= 15 is 0 Å². The molecule has 1 aromatic heterocycles. The Bertz CT molecular complexity index is 2590. The van der Waals surface area contributed by atoms with E-state index in [1.165, 1.54) is 60.9 Å².